The first kappa shape index (κ1) is 15.9. The van der Waals surface area contributed by atoms with Crippen LogP contribution in [-0.2, 0) is 11.2 Å². The van der Waals surface area contributed by atoms with Crippen LogP contribution in [0.1, 0.15) is 49.8 Å². The largest absolute Gasteiger partial charge is 0.392 e. The first-order valence-corrected chi connectivity index (χ1v) is 8.04. The van der Waals surface area contributed by atoms with E-state index in [0.29, 0.717) is 11.5 Å². The highest BCUT2D eigenvalue weighted by Gasteiger charge is 2.41. The van der Waals surface area contributed by atoms with E-state index in [9.17, 15) is 4.79 Å². The number of aromatic nitrogens is 2. The van der Waals surface area contributed by atoms with Crippen molar-refractivity contribution in [3.8, 4) is 0 Å². The second kappa shape index (κ2) is 7.02. The molecule has 0 bridgehead atoms. The molecule has 0 radical (unpaired) electrons. The van der Waals surface area contributed by atoms with Crippen LogP contribution in [0.15, 0.2) is 6.20 Å². The number of hydrogen-bond donors (Lipinski definition) is 3. The van der Waals surface area contributed by atoms with Crippen molar-refractivity contribution in [3.05, 3.63) is 17.5 Å². The van der Waals surface area contributed by atoms with E-state index in [1.807, 2.05) is 13.1 Å². The molecule has 0 atom stereocenters. The Bertz CT molecular complexity index is 506. The highest BCUT2D eigenvalue weighted by molar-refractivity contribution is 7.80. The zero-order chi connectivity index (χ0) is 15.3. The second-order valence-corrected chi connectivity index (χ2v) is 6.33. The molecule has 1 aromatic heterocycles. The monoisotopic (exact) mass is 308 g/mol. The van der Waals surface area contributed by atoms with Crippen LogP contribution in [0.5, 0.6) is 0 Å². The Balaban J connectivity index is 1.82. The molecule has 4 N–H and O–H groups in total. The Kier molecular flexibility index (Phi) is 5.33. The van der Waals surface area contributed by atoms with Gasteiger partial charge in [-0.2, -0.15) is 5.10 Å². The smallest absolute Gasteiger partial charge is 0.233 e. The van der Waals surface area contributed by atoms with E-state index in [-0.39, 0.29) is 5.91 Å². The van der Waals surface area contributed by atoms with E-state index in [1.165, 1.54) is 5.56 Å². The van der Waals surface area contributed by atoms with Gasteiger partial charge in [-0.1, -0.05) is 31.5 Å². The number of amides is 1. The lowest BCUT2D eigenvalue weighted by molar-refractivity contribution is -0.128. The second-order valence-electron chi connectivity index (χ2n) is 5.89. The number of nitrogens with zero attached hydrogens (tertiary/aromatic N) is 1. The molecule has 0 aromatic carbocycles. The molecule has 1 aliphatic rings. The van der Waals surface area contributed by atoms with Crippen molar-refractivity contribution in [1.82, 2.24) is 15.5 Å². The van der Waals surface area contributed by atoms with E-state index < -0.39 is 5.41 Å². The van der Waals surface area contributed by atoms with E-state index in [0.717, 1.165) is 50.6 Å². The van der Waals surface area contributed by atoms with Crippen LogP contribution < -0.4 is 11.1 Å². The molecule has 0 saturated heterocycles. The lowest BCUT2D eigenvalue weighted by Crippen LogP contribution is -2.50. The van der Waals surface area contributed by atoms with Gasteiger partial charge in [0.05, 0.1) is 16.6 Å². The molecule has 1 aliphatic carbocycles. The predicted octanol–water partition coefficient (Wildman–Crippen LogP) is 2.00. The summed E-state index contributed by atoms with van der Waals surface area (Å²) in [5.74, 6) is 0.0126. The number of aryl methyl sites for hydroxylation is 2. The van der Waals surface area contributed by atoms with Crippen LogP contribution in [0.4, 0.5) is 0 Å². The number of rotatable bonds is 6. The van der Waals surface area contributed by atoms with Gasteiger partial charge in [0.25, 0.3) is 0 Å². The molecule has 21 heavy (non-hydrogen) atoms. The molecule has 1 saturated carbocycles. The standard InChI is InChI=1S/C15H24N4OS/c1-11-12(10-18-19-11)6-5-9-17-14(20)15(13(16)21)7-3-2-4-8-15/h10H,2-9H2,1H3,(H2,16,21)(H,17,20)(H,18,19). The van der Waals surface area contributed by atoms with Crippen LogP contribution in [0, 0.1) is 12.3 Å². The highest BCUT2D eigenvalue weighted by atomic mass is 32.1. The van der Waals surface area contributed by atoms with Crippen molar-refractivity contribution in [2.24, 2.45) is 11.1 Å². The molecule has 1 fully saturated rings. The third-order valence-electron chi connectivity index (χ3n) is 4.46. The first-order chi connectivity index (χ1) is 10.1. The minimum atomic E-state index is -0.612. The zero-order valence-corrected chi connectivity index (χ0v) is 13.4. The summed E-state index contributed by atoms with van der Waals surface area (Å²) in [6.07, 6.45) is 8.43. The maximum atomic E-state index is 12.5. The van der Waals surface area contributed by atoms with E-state index in [2.05, 4.69) is 15.5 Å². The summed E-state index contributed by atoms with van der Waals surface area (Å²) in [5.41, 5.74) is 7.54. The van der Waals surface area contributed by atoms with Crippen LogP contribution in [0.3, 0.4) is 0 Å². The minimum Gasteiger partial charge on any atom is -0.392 e. The number of carbonyl (C=O) groups excluding carboxylic acids is 1. The van der Waals surface area contributed by atoms with Gasteiger partial charge in [-0.15, -0.1) is 0 Å². The Morgan fingerprint density at radius 3 is 2.76 bits per heavy atom. The quantitative estimate of drug-likeness (QED) is 0.554. The molecular weight excluding hydrogens is 284 g/mol. The van der Waals surface area contributed by atoms with Gasteiger partial charge in [0.2, 0.25) is 5.91 Å². The highest BCUT2D eigenvalue weighted by Crippen LogP contribution is 2.36. The summed E-state index contributed by atoms with van der Waals surface area (Å²) in [7, 11) is 0. The fourth-order valence-electron chi connectivity index (χ4n) is 3.02. The molecule has 0 spiro atoms. The van der Waals surface area contributed by atoms with Gasteiger partial charge < -0.3 is 11.1 Å². The van der Waals surface area contributed by atoms with Crippen molar-refractivity contribution in [2.75, 3.05) is 6.54 Å². The average Bonchev–Trinajstić information content (AvgIpc) is 2.89. The number of carbonyl (C=O) groups is 1. The van der Waals surface area contributed by atoms with Gasteiger partial charge >= 0.3 is 0 Å². The molecule has 5 nitrogen and oxygen atoms in total. The van der Waals surface area contributed by atoms with Crippen LogP contribution in [0.2, 0.25) is 0 Å². The van der Waals surface area contributed by atoms with Crippen LogP contribution in [-0.4, -0.2) is 27.6 Å². The topological polar surface area (TPSA) is 83.8 Å². The normalized spacial score (nSPS) is 17.4. The summed E-state index contributed by atoms with van der Waals surface area (Å²) < 4.78 is 0. The fraction of sp³-hybridized carbons (Fsp3) is 0.667. The van der Waals surface area contributed by atoms with E-state index in [4.69, 9.17) is 18.0 Å². The first-order valence-electron chi connectivity index (χ1n) is 7.63. The van der Waals surface area contributed by atoms with Crippen LogP contribution in [0.25, 0.3) is 0 Å². The lowest BCUT2D eigenvalue weighted by atomic mass is 9.73. The van der Waals surface area contributed by atoms with Crippen molar-refractivity contribution in [1.29, 1.82) is 0 Å². The fourth-order valence-corrected chi connectivity index (χ4v) is 3.32. The van der Waals surface area contributed by atoms with Crippen molar-refractivity contribution in [2.45, 2.75) is 51.9 Å². The molecule has 116 valence electrons. The third-order valence-corrected chi connectivity index (χ3v) is 4.85. The van der Waals surface area contributed by atoms with Crippen LogP contribution >= 0.6 is 12.2 Å². The number of hydrogen-bond acceptors (Lipinski definition) is 3. The molecule has 1 heterocycles. The molecule has 0 unspecified atom stereocenters. The summed E-state index contributed by atoms with van der Waals surface area (Å²) in [6.45, 7) is 2.65. The number of nitrogens with one attached hydrogen (secondary N) is 2. The predicted molar refractivity (Wildman–Crippen MR) is 87.0 cm³/mol. The summed E-state index contributed by atoms with van der Waals surface area (Å²) in [6, 6.07) is 0. The molecular formula is C15H24N4OS. The Morgan fingerprint density at radius 1 is 1.48 bits per heavy atom. The van der Waals surface area contributed by atoms with Gasteiger partial charge in [0.1, 0.15) is 0 Å². The molecule has 0 aliphatic heterocycles. The van der Waals surface area contributed by atoms with E-state index >= 15 is 0 Å². The molecule has 6 heteroatoms. The maximum absolute atomic E-state index is 12.5. The van der Waals surface area contributed by atoms with Gasteiger partial charge in [-0.3, -0.25) is 9.89 Å². The third kappa shape index (κ3) is 3.61. The van der Waals surface area contributed by atoms with Crippen molar-refractivity contribution >= 4 is 23.1 Å². The average molecular weight is 308 g/mol. The summed E-state index contributed by atoms with van der Waals surface area (Å²) in [4.78, 5) is 12.8. The zero-order valence-electron chi connectivity index (χ0n) is 12.6. The van der Waals surface area contributed by atoms with Gasteiger partial charge in [-0.05, 0) is 38.2 Å². The number of aromatic amines is 1. The minimum absolute atomic E-state index is 0.0126. The van der Waals surface area contributed by atoms with Gasteiger partial charge in [0, 0.05) is 12.2 Å². The molecule has 2 rings (SSSR count). The molecule has 1 aromatic rings. The Labute approximate surface area is 131 Å². The number of nitrogens with two attached hydrogens (primary N) is 1. The van der Waals surface area contributed by atoms with E-state index in [1.54, 1.807) is 0 Å². The Hall–Kier alpha value is -1.43. The van der Waals surface area contributed by atoms with Gasteiger partial charge in [-0.25, -0.2) is 0 Å². The van der Waals surface area contributed by atoms with Crippen molar-refractivity contribution in [3.63, 3.8) is 0 Å². The van der Waals surface area contributed by atoms with Crippen molar-refractivity contribution < 1.29 is 4.79 Å². The maximum Gasteiger partial charge on any atom is 0.233 e. The number of thiocarbonyl (C=S) groups is 1. The lowest BCUT2D eigenvalue weighted by Gasteiger charge is -2.34. The molecule has 1 amide bonds. The summed E-state index contributed by atoms with van der Waals surface area (Å²) in [5, 5.41) is 9.94. The van der Waals surface area contributed by atoms with Gasteiger partial charge in [0.15, 0.2) is 0 Å². The summed E-state index contributed by atoms with van der Waals surface area (Å²) >= 11 is 5.17. The Morgan fingerprint density at radius 2 is 2.19 bits per heavy atom. The SMILES string of the molecule is Cc1[nH]ncc1CCCNC(=O)C1(C(N)=S)CCCCC1. The number of H-pyrrole nitrogens is 1.